The van der Waals surface area contributed by atoms with Gasteiger partial charge in [-0.25, -0.2) is 4.98 Å². The minimum atomic E-state index is 0.235. The number of benzene rings is 2. The molecule has 1 aromatic heterocycles. The Morgan fingerprint density at radius 1 is 1.13 bits per heavy atom. The van der Waals surface area contributed by atoms with Crippen LogP contribution in [0.25, 0.3) is 11.3 Å². The molecule has 116 valence electrons. The Hall–Kier alpha value is -2.86. The Morgan fingerprint density at radius 2 is 1.87 bits per heavy atom. The molecule has 5 nitrogen and oxygen atoms in total. The van der Waals surface area contributed by atoms with Crippen molar-refractivity contribution in [3.63, 3.8) is 0 Å². The number of nitrogens with one attached hydrogen (secondary N) is 1. The normalized spacial score (nSPS) is 10.8. The number of nitrogens with zero attached hydrogens (tertiary/aromatic N) is 2. The average Bonchev–Trinajstić information content (AvgIpc) is 3.06. The lowest BCUT2D eigenvalue weighted by Crippen LogP contribution is -1.90. The van der Waals surface area contributed by atoms with Crippen LogP contribution < -0.4 is 10.2 Å². The number of hydrogen-bond donors (Lipinski definition) is 2. The Labute approximate surface area is 137 Å². The van der Waals surface area contributed by atoms with E-state index in [1.54, 1.807) is 37.6 Å². The molecular formula is C17H15N3O2S. The van der Waals surface area contributed by atoms with Crippen LogP contribution in [-0.4, -0.2) is 23.4 Å². The van der Waals surface area contributed by atoms with E-state index in [2.05, 4.69) is 15.5 Å². The molecular weight excluding hydrogens is 310 g/mol. The largest absolute Gasteiger partial charge is 0.508 e. The van der Waals surface area contributed by atoms with Crippen molar-refractivity contribution in [1.82, 2.24) is 4.98 Å². The van der Waals surface area contributed by atoms with Gasteiger partial charge in [-0.1, -0.05) is 0 Å². The molecule has 0 aliphatic rings. The van der Waals surface area contributed by atoms with Gasteiger partial charge >= 0.3 is 0 Å². The van der Waals surface area contributed by atoms with E-state index in [-0.39, 0.29) is 5.75 Å². The number of aromatic nitrogens is 1. The lowest BCUT2D eigenvalue weighted by Gasteiger charge is -2.00. The van der Waals surface area contributed by atoms with E-state index < -0.39 is 0 Å². The minimum absolute atomic E-state index is 0.235. The molecule has 0 aliphatic carbocycles. The summed E-state index contributed by atoms with van der Waals surface area (Å²) in [5.41, 5.74) is 5.72. The van der Waals surface area contributed by atoms with Crippen molar-refractivity contribution in [2.45, 2.75) is 0 Å². The predicted molar refractivity (Wildman–Crippen MR) is 93.4 cm³/mol. The Kier molecular flexibility index (Phi) is 4.54. The summed E-state index contributed by atoms with van der Waals surface area (Å²) in [5, 5.41) is 16.1. The van der Waals surface area contributed by atoms with Crippen molar-refractivity contribution in [2.24, 2.45) is 5.10 Å². The highest BCUT2D eigenvalue weighted by Gasteiger charge is 2.04. The van der Waals surface area contributed by atoms with Crippen LogP contribution in [0.4, 0.5) is 5.13 Å². The molecule has 2 aromatic carbocycles. The zero-order valence-electron chi connectivity index (χ0n) is 12.4. The second kappa shape index (κ2) is 6.93. The van der Waals surface area contributed by atoms with Gasteiger partial charge in [-0.3, -0.25) is 5.43 Å². The molecule has 1 heterocycles. The number of aromatic hydroxyl groups is 1. The Morgan fingerprint density at radius 3 is 2.57 bits per heavy atom. The SMILES string of the molecule is COc1ccc(-c2csc(N/N=C/c3ccc(O)cc3)n2)cc1. The lowest BCUT2D eigenvalue weighted by atomic mass is 10.2. The summed E-state index contributed by atoms with van der Waals surface area (Å²) in [6.45, 7) is 0. The number of ether oxygens (including phenoxy) is 1. The van der Waals surface area contributed by atoms with E-state index in [0.717, 1.165) is 22.6 Å². The first-order valence-corrected chi connectivity index (χ1v) is 7.80. The van der Waals surface area contributed by atoms with Gasteiger partial charge in [-0.05, 0) is 54.1 Å². The fourth-order valence-corrected chi connectivity index (χ4v) is 2.61. The highest BCUT2D eigenvalue weighted by Crippen LogP contribution is 2.26. The minimum Gasteiger partial charge on any atom is -0.508 e. The van der Waals surface area contributed by atoms with Gasteiger partial charge in [0.15, 0.2) is 0 Å². The van der Waals surface area contributed by atoms with Gasteiger partial charge < -0.3 is 9.84 Å². The summed E-state index contributed by atoms with van der Waals surface area (Å²) < 4.78 is 5.15. The van der Waals surface area contributed by atoms with Gasteiger partial charge in [-0.15, -0.1) is 11.3 Å². The number of methoxy groups -OCH3 is 1. The molecule has 3 aromatic rings. The molecule has 2 N–H and O–H groups in total. The molecule has 0 fully saturated rings. The molecule has 0 spiro atoms. The molecule has 0 bridgehead atoms. The van der Waals surface area contributed by atoms with E-state index in [1.807, 2.05) is 29.6 Å². The fraction of sp³-hybridized carbons (Fsp3) is 0.0588. The first-order chi connectivity index (χ1) is 11.2. The third-order valence-corrected chi connectivity index (χ3v) is 3.90. The lowest BCUT2D eigenvalue weighted by molar-refractivity contribution is 0.415. The summed E-state index contributed by atoms with van der Waals surface area (Å²) in [6.07, 6.45) is 1.67. The third-order valence-electron chi connectivity index (χ3n) is 3.16. The van der Waals surface area contributed by atoms with Crippen LogP contribution >= 0.6 is 11.3 Å². The average molecular weight is 325 g/mol. The highest BCUT2D eigenvalue weighted by molar-refractivity contribution is 7.14. The third kappa shape index (κ3) is 3.87. The van der Waals surface area contributed by atoms with Crippen molar-refractivity contribution in [3.05, 3.63) is 59.5 Å². The second-order valence-corrected chi connectivity index (χ2v) is 5.59. The molecule has 0 radical (unpaired) electrons. The predicted octanol–water partition coefficient (Wildman–Crippen LogP) is 3.97. The number of hydrazone groups is 1. The number of phenolic OH excluding ortho intramolecular Hbond substituents is 1. The van der Waals surface area contributed by atoms with Gasteiger partial charge in [0.25, 0.3) is 0 Å². The quantitative estimate of drug-likeness (QED) is 0.550. The first-order valence-electron chi connectivity index (χ1n) is 6.92. The summed E-state index contributed by atoms with van der Waals surface area (Å²) in [4.78, 5) is 4.49. The maximum Gasteiger partial charge on any atom is 0.203 e. The molecule has 6 heteroatoms. The van der Waals surface area contributed by atoms with E-state index in [9.17, 15) is 5.11 Å². The van der Waals surface area contributed by atoms with E-state index in [4.69, 9.17) is 4.74 Å². The molecule has 0 saturated carbocycles. The van der Waals surface area contributed by atoms with E-state index >= 15 is 0 Å². The number of rotatable bonds is 5. The van der Waals surface area contributed by atoms with Crippen LogP contribution in [0, 0.1) is 0 Å². The number of phenols is 1. The molecule has 0 saturated heterocycles. The van der Waals surface area contributed by atoms with Gasteiger partial charge in [0.05, 0.1) is 19.0 Å². The maximum absolute atomic E-state index is 9.23. The van der Waals surface area contributed by atoms with Crippen molar-refractivity contribution >= 4 is 22.7 Å². The first kappa shape index (κ1) is 15.1. The number of thiazole rings is 1. The van der Waals surface area contributed by atoms with Crippen molar-refractivity contribution in [2.75, 3.05) is 12.5 Å². The van der Waals surface area contributed by atoms with Crippen LogP contribution in [-0.2, 0) is 0 Å². The van der Waals surface area contributed by atoms with Crippen molar-refractivity contribution in [3.8, 4) is 22.8 Å². The van der Waals surface area contributed by atoms with Crippen LogP contribution in [0.15, 0.2) is 59.0 Å². The van der Waals surface area contributed by atoms with Gasteiger partial charge in [0, 0.05) is 10.9 Å². The number of hydrogen-bond acceptors (Lipinski definition) is 6. The van der Waals surface area contributed by atoms with Gasteiger partial charge in [0.2, 0.25) is 5.13 Å². The number of anilines is 1. The maximum atomic E-state index is 9.23. The summed E-state index contributed by atoms with van der Waals surface area (Å²) in [6, 6.07) is 14.6. The monoisotopic (exact) mass is 325 g/mol. The van der Waals surface area contributed by atoms with Crippen molar-refractivity contribution < 1.29 is 9.84 Å². The summed E-state index contributed by atoms with van der Waals surface area (Å²) in [7, 11) is 1.64. The Bertz CT molecular complexity index is 795. The zero-order chi connectivity index (χ0) is 16.1. The summed E-state index contributed by atoms with van der Waals surface area (Å²) in [5.74, 6) is 1.06. The van der Waals surface area contributed by atoms with Crippen molar-refractivity contribution in [1.29, 1.82) is 0 Å². The molecule has 0 aliphatic heterocycles. The standard InChI is InChI=1S/C17H15N3O2S/c1-22-15-8-4-13(5-9-15)16-11-23-17(19-16)20-18-10-12-2-6-14(21)7-3-12/h2-11,21H,1H3,(H,19,20)/b18-10+. The molecule has 0 unspecified atom stereocenters. The molecule has 3 rings (SSSR count). The molecule has 23 heavy (non-hydrogen) atoms. The second-order valence-electron chi connectivity index (χ2n) is 4.73. The zero-order valence-corrected chi connectivity index (χ0v) is 13.2. The molecule has 0 amide bonds. The van der Waals surface area contributed by atoms with Crippen LogP contribution in [0.3, 0.4) is 0 Å². The van der Waals surface area contributed by atoms with E-state index in [0.29, 0.717) is 5.13 Å². The van der Waals surface area contributed by atoms with Crippen LogP contribution in [0.5, 0.6) is 11.5 Å². The highest BCUT2D eigenvalue weighted by atomic mass is 32.1. The fourth-order valence-electron chi connectivity index (χ4n) is 1.94. The topological polar surface area (TPSA) is 66.7 Å². The molecule has 0 atom stereocenters. The van der Waals surface area contributed by atoms with E-state index in [1.165, 1.54) is 11.3 Å². The Balaban J connectivity index is 1.65. The smallest absolute Gasteiger partial charge is 0.203 e. The van der Waals surface area contributed by atoms with Gasteiger partial charge in [0.1, 0.15) is 11.5 Å². The van der Waals surface area contributed by atoms with Crippen LogP contribution in [0.1, 0.15) is 5.56 Å². The van der Waals surface area contributed by atoms with Crippen LogP contribution in [0.2, 0.25) is 0 Å². The summed E-state index contributed by atoms with van der Waals surface area (Å²) >= 11 is 1.48. The van der Waals surface area contributed by atoms with Gasteiger partial charge in [-0.2, -0.15) is 5.10 Å².